The molecule has 1 heterocycles. The van der Waals surface area contributed by atoms with Crippen LogP contribution < -0.4 is 14.2 Å². The first-order valence-electron chi connectivity index (χ1n) is 8.11. The number of hydrogen-bond donors (Lipinski definition) is 1. The Labute approximate surface area is 169 Å². The number of nitro groups is 1. The second kappa shape index (κ2) is 8.25. The smallest absolute Gasteiger partial charge is 0.273 e. The maximum Gasteiger partial charge on any atom is 0.273 e. The van der Waals surface area contributed by atoms with E-state index in [1.807, 2.05) is 0 Å². The van der Waals surface area contributed by atoms with E-state index < -0.39 is 14.9 Å². The van der Waals surface area contributed by atoms with Crippen molar-refractivity contribution in [1.29, 1.82) is 0 Å². The van der Waals surface area contributed by atoms with Crippen LogP contribution in [-0.2, 0) is 10.0 Å². The third-order valence-electron chi connectivity index (χ3n) is 3.94. The van der Waals surface area contributed by atoms with Gasteiger partial charge in [-0.05, 0) is 41.1 Å². The van der Waals surface area contributed by atoms with E-state index in [4.69, 9.17) is 9.47 Å². The summed E-state index contributed by atoms with van der Waals surface area (Å²) in [4.78, 5) is 14.4. The molecule has 1 aliphatic heterocycles. The second-order valence-electron chi connectivity index (χ2n) is 5.87. The van der Waals surface area contributed by atoms with E-state index in [2.05, 4.69) is 25.6 Å². The standard InChI is InChI=1S/C17H16BrN3O6S/c1-11-2-3-13(7-15(11)21(22)23)28(24,25)20-5-4-19-9-12-6-16-17(8-14(12)18)27-10-26-16/h2-3,6-9,20H,4-5,10H2,1H3. The fourth-order valence-corrected chi connectivity index (χ4v) is 3.94. The molecule has 0 aliphatic carbocycles. The normalized spacial score (nSPS) is 13.2. The molecule has 1 aliphatic rings. The summed E-state index contributed by atoms with van der Waals surface area (Å²) in [6.45, 7) is 1.95. The molecule has 0 atom stereocenters. The predicted octanol–water partition coefficient (Wildman–Crippen LogP) is 2.79. The van der Waals surface area contributed by atoms with Crippen LogP contribution in [0.3, 0.4) is 0 Å². The van der Waals surface area contributed by atoms with E-state index in [0.717, 1.165) is 16.1 Å². The van der Waals surface area contributed by atoms with Crippen molar-refractivity contribution in [3.05, 3.63) is 56.0 Å². The van der Waals surface area contributed by atoms with Crippen molar-refractivity contribution in [2.45, 2.75) is 11.8 Å². The molecule has 2 aromatic rings. The molecule has 1 N–H and O–H groups in total. The van der Waals surface area contributed by atoms with Crippen LogP contribution in [0.4, 0.5) is 5.69 Å². The number of benzene rings is 2. The summed E-state index contributed by atoms with van der Waals surface area (Å²) < 4.78 is 38.4. The number of aliphatic imine (C=N–C) groups is 1. The number of rotatable bonds is 7. The number of nitro benzene ring substituents is 1. The minimum atomic E-state index is -3.87. The van der Waals surface area contributed by atoms with Crippen LogP contribution in [0.2, 0.25) is 0 Å². The van der Waals surface area contributed by atoms with E-state index in [1.165, 1.54) is 12.1 Å². The highest BCUT2D eigenvalue weighted by Crippen LogP contribution is 2.36. The molecule has 0 bridgehead atoms. The molecule has 0 aromatic heterocycles. The molecular formula is C17H16BrN3O6S. The van der Waals surface area contributed by atoms with Crippen molar-refractivity contribution >= 4 is 37.9 Å². The van der Waals surface area contributed by atoms with Crippen molar-refractivity contribution in [3.63, 3.8) is 0 Å². The Morgan fingerprint density at radius 3 is 2.71 bits per heavy atom. The number of aryl methyl sites for hydroxylation is 1. The van der Waals surface area contributed by atoms with Gasteiger partial charge in [0.2, 0.25) is 16.8 Å². The minimum absolute atomic E-state index is 0.0443. The summed E-state index contributed by atoms with van der Waals surface area (Å²) in [6.07, 6.45) is 1.59. The third kappa shape index (κ3) is 4.49. The molecule has 11 heteroatoms. The number of nitrogens with one attached hydrogen (secondary N) is 1. The summed E-state index contributed by atoms with van der Waals surface area (Å²) in [5, 5.41) is 11.0. The average Bonchev–Trinajstić information content (AvgIpc) is 3.08. The van der Waals surface area contributed by atoms with Crippen molar-refractivity contribution in [2.24, 2.45) is 4.99 Å². The zero-order valence-corrected chi connectivity index (χ0v) is 17.1. The molecule has 0 saturated heterocycles. The lowest BCUT2D eigenvalue weighted by atomic mass is 10.2. The summed E-state index contributed by atoms with van der Waals surface area (Å²) >= 11 is 3.41. The number of fused-ring (bicyclic) bond motifs is 1. The quantitative estimate of drug-likeness (QED) is 0.288. The van der Waals surface area contributed by atoms with Crippen molar-refractivity contribution in [1.82, 2.24) is 4.72 Å². The predicted molar refractivity (Wildman–Crippen MR) is 106 cm³/mol. The van der Waals surface area contributed by atoms with Gasteiger partial charge in [-0.3, -0.25) is 15.1 Å². The number of hydrogen-bond acceptors (Lipinski definition) is 7. The molecule has 28 heavy (non-hydrogen) atoms. The van der Waals surface area contributed by atoms with Crippen LogP contribution in [0, 0.1) is 17.0 Å². The Balaban J connectivity index is 1.61. The van der Waals surface area contributed by atoms with Gasteiger partial charge in [-0.25, -0.2) is 13.1 Å². The maximum atomic E-state index is 12.3. The summed E-state index contributed by atoms with van der Waals surface area (Å²) in [5.74, 6) is 1.26. The van der Waals surface area contributed by atoms with Gasteiger partial charge in [0.1, 0.15) is 0 Å². The van der Waals surface area contributed by atoms with Crippen molar-refractivity contribution < 1.29 is 22.8 Å². The highest BCUT2D eigenvalue weighted by molar-refractivity contribution is 9.10. The molecule has 0 fully saturated rings. The average molecular weight is 470 g/mol. The molecule has 0 amide bonds. The lowest BCUT2D eigenvalue weighted by Gasteiger charge is -2.06. The van der Waals surface area contributed by atoms with Gasteiger partial charge in [0.05, 0.1) is 16.4 Å². The Hall–Kier alpha value is -2.50. The summed E-state index contributed by atoms with van der Waals surface area (Å²) in [7, 11) is -3.87. The largest absolute Gasteiger partial charge is 0.454 e. The van der Waals surface area contributed by atoms with E-state index >= 15 is 0 Å². The van der Waals surface area contributed by atoms with Gasteiger partial charge in [-0.15, -0.1) is 0 Å². The van der Waals surface area contributed by atoms with Gasteiger partial charge in [-0.1, -0.05) is 6.07 Å². The minimum Gasteiger partial charge on any atom is -0.454 e. The molecule has 148 valence electrons. The first-order chi connectivity index (χ1) is 13.3. The van der Waals surface area contributed by atoms with Crippen LogP contribution in [0.1, 0.15) is 11.1 Å². The maximum absolute atomic E-state index is 12.3. The zero-order chi connectivity index (χ0) is 20.3. The van der Waals surface area contributed by atoms with Gasteiger partial charge in [-0.2, -0.15) is 0 Å². The third-order valence-corrected chi connectivity index (χ3v) is 6.09. The molecule has 0 radical (unpaired) electrons. The Bertz CT molecular complexity index is 1060. The monoisotopic (exact) mass is 469 g/mol. The molecule has 0 unspecified atom stereocenters. The van der Waals surface area contributed by atoms with Gasteiger partial charge < -0.3 is 9.47 Å². The molecular weight excluding hydrogens is 454 g/mol. The lowest BCUT2D eigenvalue weighted by Crippen LogP contribution is -2.26. The summed E-state index contributed by atoms with van der Waals surface area (Å²) in [6, 6.07) is 7.33. The van der Waals surface area contributed by atoms with Crippen LogP contribution in [0.15, 0.2) is 44.7 Å². The van der Waals surface area contributed by atoms with E-state index in [9.17, 15) is 18.5 Å². The SMILES string of the molecule is Cc1ccc(S(=O)(=O)NCCN=Cc2cc3c(cc2Br)OCO3)cc1[N+](=O)[O-]. The fourth-order valence-electron chi connectivity index (χ4n) is 2.48. The van der Waals surface area contributed by atoms with Crippen LogP contribution in [-0.4, -0.2) is 39.4 Å². The lowest BCUT2D eigenvalue weighted by molar-refractivity contribution is -0.385. The molecule has 0 spiro atoms. The van der Waals surface area contributed by atoms with Gasteiger partial charge >= 0.3 is 0 Å². The fraction of sp³-hybridized carbons (Fsp3) is 0.235. The van der Waals surface area contributed by atoms with E-state index in [0.29, 0.717) is 17.1 Å². The highest BCUT2D eigenvalue weighted by atomic mass is 79.9. The first kappa shape index (κ1) is 20.2. The Kier molecular flexibility index (Phi) is 5.96. The van der Waals surface area contributed by atoms with Crippen LogP contribution >= 0.6 is 15.9 Å². The van der Waals surface area contributed by atoms with E-state index in [1.54, 1.807) is 25.3 Å². The van der Waals surface area contributed by atoms with Gasteiger partial charge in [0, 0.05) is 34.4 Å². The van der Waals surface area contributed by atoms with Gasteiger partial charge in [0.15, 0.2) is 11.5 Å². The Morgan fingerprint density at radius 2 is 2.00 bits per heavy atom. The summed E-state index contributed by atoms with van der Waals surface area (Å²) in [5.41, 5.74) is 0.915. The molecule has 3 rings (SSSR count). The zero-order valence-electron chi connectivity index (χ0n) is 14.7. The number of ether oxygens (including phenoxy) is 2. The van der Waals surface area contributed by atoms with E-state index in [-0.39, 0.29) is 30.5 Å². The second-order valence-corrected chi connectivity index (χ2v) is 8.49. The molecule has 2 aromatic carbocycles. The number of halogens is 1. The van der Waals surface area contributed by atoms with Gasteiger partial charge in [0.25, 0.3) is 5.69 Å². The molecule has 9 nitrogen and oxygen atoms in total. The molecule has 0 saturated carbocycles. The number of nitrogens with zero attached hydrogens (tertiary/aromatic N) is 2. The van der Waals surface area contributed by atoms with Crippen molar-refractivity contribution in [3.8, 4) is 11.5 Å². The Morgan fingerprint density at radius 1 is 1.29 bits per heavy atom. The van der Waals surface area contributed by atoms with Crippen molar-refractivity contribution in [2.75, 3.05) is 19.9 Å². The number of sulfonamides is 1. The first-order valence-corrected chi connectivity index (χ1v) is 10.4. The van der Waals surface area contributed by atoms with Crippen LogP contribution in [0.25, 0.3) is 0 Å². The van der Waals surface area contributed by atoms with Crippen LogP contribution in [0.5, 0.6) is 11.5 Å². The topological polar surface area (TPSA) is 120 Å². The highest BCUT2D eigenvalue weighted by Gasteiger charge is 2.19.